The van der Waals surface area contributed by atoms with Gasteiger partial charge in [-0.3, -0.25) is 4.79 Å². The van der Waals surface area contributed by atoms with Crippen LogP contribution in [0.2, 0.25) is 0 Å². The van der Waals surface area contributed by atoms with Crippen molar-refractivity contribution in [3.63, 3.8) is 0 Å². The summed E-state index contributed by atoms with van der Waals surface area (Å²) in [7, 11) is 0. The van der Waals surface area contributed by atoms with E-state index in [9.17, 15) is 14.7 Å². The molecule has 0 aromatic heterocycles. The fraction of sp³-hybridized carbons (Fsp3) is 0.474. The Morgan fingerprint density at radius 3 is 2.33 bits per heavy atom. The lowest BCUT2D eigenvalue weighted by Crippen LogP contribution is -2.47. The molecule has 2 N–H and O–H groups in total. The van der Waals surface area contributed by atoms with Crippen LogP contribution in [0.25, 0.3) is 0 Å². The number of hydrogen-bond acceptors (Lipinski definition) is 3. The number of nitrogens with zero attached hydrogens (tertiary/aromatic N) is 1. The summed E-state index contributed by atoms with van der Waals surface area (Å²) in [6.45, 7) is 7.02. The first-order valence-electron chi connectivity index (χ1n) is 8.63. The summed E-state index contributed by atoms with van der Waals surface area (Å²) in [5, 5.41) is 13.0. The maximum atomic E-state index is 13.0. The number of carbonyl (C=O) groups is 2. The molecule has 5 heteroatoms. The van der Waals surface area contributed by atoms with E-state index in [1.165, 1.54) is 0 Å². The molecule has 1 aromatic rings. The third-order valence-electron chi connectivity index (χ3n) is 4.56. The van der Waals surface area contributed by atoms with Crippen LogP contribution in [0.1, 0.15) is 45.6 Å². The molecule has 2 rings (SSSR count). The first kappa shape index (κ1) is 18.0. The van der Waals surface area contributed by atoms with Crippen molar-refractivity contribution in [1.29, 1.82) is 0 Å². The van der Waals surface area contributed by atoms with Gasteiger partial charge in [-0.1, -0.05) is 51.1 Å². The third-order valence-corrected chi connectivity index (χ3v) is 4.56. The van der Waals surface area contributed by atoms with Crippen molar-refractivity contribution in [2.24, 2.45) is 0 Å². The minimum atomic E-state index is -1.04. The zero-order valence-electron chi connectivity index (χ0n) is 14.6. The van der Waals surface area contributed by atoms with Gasteiger partial charge in [-0.15, -0.1) is 0 Å². The highest BCUT2D eigenvalue weighted by Crippen LogP contribution is 2.45. The van der Waals surface area contributed by atoms with Crippen LogP contribution in [0.3, 0.4) is 0 Å². The van der Waals surface area contributed by atoms with Crippen molar-refractivity contribution in [1.82, 2.24) is 10.2 Å². The molecule has 1 atom stereocenters. The first-order valence-corrected chi connectivity index (χ1v) is 8.63. The van der Waals surface area contributed by atoms with E-state index in [1.807, 2.05) is 51.1 Å². The Morgan fingerprint density at radius 2 is 1.83 bits per heavy atom. The molecule has 24 heavy (non-hydrogen) atoms. The number of hydrogen-bond donors (Lipinski definition) is 2. The van der Waals surface area contributed by atoms with Crippen LogP contribution in [-0.2, 0) is 15.1 Å². The van der Waals surface area contributed by atoms with E-state index in [0.717, 1.165) is 18.4 Å². The molecular weight excluding hydrogens is 304 g/mol. The summed E-state index contributed by atoms with van der Waals surface area (Å²) in [5.74, 6) is -1.25. The van der Waals surface area contributed by atoms with E-state index >= 15 is 0 Å². The summed E-state index contributed by atoms with van der Waals surface area (Å²) in [6.07, 6.45) is 2.11. The molecule has 1 amide bonds. The lowest BCUT2D eigenvalue weighted by molar-refractivity contribution is -0.135. The number of carbonyl (C=O) groups excluding carboxylic acids is 1. The van der Waals surface area contributed by atoms with E-state index in [0.29, 0.717) is 19.5 Å². The lowest BCUT2D eigenvalue weighted by Gasteiger charge is -2.39. The van der Waals surface area contributed by atoms with E-state index in [-0.39, 0.29) is 17.2 Å². The largest absolute Gasteiger partial charge is 0.478 e. The second-order valence-electron chi connectivity index (χ2n) is 6.02. The van der Waals surface area contributed by atoms with Crippen molar-refractivity contribution < 1.29 is 14.7 Å². The van der Waals surface area contributed by atoms with Crippen LogP contribution in [-0.4, -0.2) is 35.0 Å². The fourth-order valence-corrected chi connectivity index (χ4v) is 3.56. The van der Waals surface area contributed by atoms with Gasteiger partial charge in [0.1, 0.15) is 11.2 Å². The van der Waals surface area contributed by atoms with Crippen LogP contribution in [0, 0.1) is 0 Å². The molecule has 1 aliphatic rings. The molecule has 0 saturated heterocycles. The number of rotatable bonds is 8. The third kappa shape index (κ3) is 2.79. The zero-order valence-corrected chi connectivity index (χ0v) is 14.6. The van der Waals surface area contributed by atoms with Gasteiger partial charge in [-0.05, 0) is 24.8 Å². The monoisotopic (exact) mass is 330 g/mol. The summed E-state index contributed by atoms with van der Waals surface area (Å²) >= 11 is 0. The molecule has 0 saturated carbocycles. The summed E-state index contributed by atoms with van der Waals surface area (Å²) in [4.78, 5) is 26.9. The van der Waals surface area contributed by atoms with Crippen molar-refractivity contribution in [3.8, 4) is 0 Å². The molecule has 0 spiro atoms. The van der Waals surface area contributed by atoms with Gasteiger partial charge in [-0.25, -0.2) is 4.79 Å². The molecule has 0 radical (unpaired) electrons. The zero-order chi connectivity index (χ0) is 17.7. The highest BCUT2D eigenvalue weighted by molar-refractivity contribution is 6.08. The van der Waals surface area contributed by atoms with E-state index in [2.05, 4.69) is 5.32 Å². The average Bonchev–Trinajstić information content (AvgIpc) is 2.83. The van der Waals surface area contributed by atoms with E-state index < -0.39 is 11.5 Å². The van der Waals surface area contributed by atoms with Crippen molar-refractivity contribution in [3.05, 3.63) is 47.2 Å². The molecule has 0 aliphatic carbocycles. The highest BCUT2D eigenvalue weighted by Gasteiger charge is 2.54. The predicted octanol–water partition coefficient (Wildman–Crippen LogP) is 2.88. The molecule has 1 unspecified atom stereocenters. The van der Waals surface area contributed by atoms with Crippen molar-refractivity contribution in [2.45, 2.75) is 45.6 Å². The van der Waals surface area contributed by atoms with E-state index in [1.54, 1.807) is 4.90 Å². The number of amides is 1. The van der Waals surface area contributed by atoms with Gasteiger partial charge < -0.3 is 15.3 Å². The van der Waals surface area contributed by atoms with Gasteiger partial charge in [-0.2, -0.15) is 0 Å². The van der Waals surface area contributed by atoms with Gasteiger partial charge in [0.2, 0.25) is 0 Å². The predicted molar refractivity (Wildman–Crippen MR) is 93.4 cm³/mol. The van der Waals surface area contributed by atoms with Gasteiger partial charge in [0.15, 0.2) is 0 Å². The molecule has 130 valence electrons. The number of benzene rings is 1. The Kier molecular flexibility index (Phi) is 5.65. The highest BCUT2D eigenvalue weighted by atomic mass is 16.4. The second kappa shape index (κ2) is 7.51. The van der Waals surface area contributed by atoms with E-state index in [4.69, 9.17) is 0 Å². The Balaban J connectivity index is 2.71. The van der Waals surface area contributed by atoms with Crippen molar-refractivity contribution in [2.75, 3.05) is 13.1 Å². The maximum absolute atomic E-state index is 13.0. The van der Waals surface area contributed by atoms with Crippen LogP contribution >= 0.6 is 0 Å². The van der Waals surface area contributed by atoms with Crippen LogP contribution in [0.15, 0.2) is 41.6 Å². The Labute approximate surface area is 143 Å². The Bertz CT molecular complexity index is 639. The molecule has 5 nitrogen and oxygen atoms in total. The fourth-order valence-electron chi connectivity index (χ4n) is 3.56. The molecule has 1 aromatic carbocycles. The van der Waals surface area contributed by atoms with Gasteiger partial charge in [0.05, 0.1) is 5.57 Å². The van der Waals surface area contributed by atoms with Crippen molar-refractivity contribution >= 4 is 11.9 Å². The quantitative estimate of drug-likeness (QED) is 0.769. The maximum Gasteiger partial charge on any atom is 0.336 e. The van der Waals surface area contributed by atoms with Crippen LogP contribution < -0.4 is 5.32 Å². The minimum absolute atomic E-state index is 0.170. The summed E-state index contributed by atoms with van der Waals surface area (Å²) in [6, 6.07) is 9.49. The minimum Gasteiger partial charge on any atom is -0.478 e. The summed E-state index contributed by atoms with van der Waals surface area (Å²) < 4.78 is 0. The Hall–Kier alpha value is -2.30. The van der Waals surface area contributed by atoms with Gasteiger partial charge >= 0.3 is 5.97 Å². The molecule has 1 heterocycles. The van der Waals surface area contributed by atoms with Gasteiger partial charge in [0.25, 0.3) is 5.91 Å². The number of carboxylic acids is 1. The number of carboxylic acid groups (broad SMARTS) is 1. The molecule has 0 bridgehead atoms. The molecule has 1 aliphatic heterocycles. The topological polar surface area (TPSA) is 69.6 Å². The first-order chi connectivity index (χ1) is 11.5. The average molecular weight is 330 g/mol. The SMILES string of the molecule is CCCNC1=C(C(=O)O)C(CC)(c2ccccc2)N(CCC)C1=O. The van der Waals surface area contributed by atoms with Crippen LogP contribution in [0.4, 0.5) is 0 Å². The molecule has 0 fully saturated rings. The lowest BCUT2D eigenvalue weighted by atomic mass is 9.80. The smallest absolute Gasteiger partial charge is 0.336 e. The molecular formula is C19H26N2O3. The van der Waals surface area contributed by atoms with Gasteiger partial charge in [0, 0.05) is 13.1 Å². The second-order valence-corrected chi connectivity index (χ2v) is 6.02. The number of aliphatic carboxylic acids is 1. The normalized spacial score (nSPS) is 20.6. The van der Waals surface area contributed by atoms with Crippen LogP contribution in [0.5, 0.6) is 0 Å². The summed E-state index contributed by atoms with van der Waals surface area (Å²) in [5.41, 5.74) is 0.336. The standard InChI is InChI=1S/C19H26N2O3/c1-4-12-20-16-15(18(23)24)19(6-3,14-10-8-7-9-11-14)21(13-5-2)17(16)22/h7-11,20H,4-6,12-13H2,1-3H3,(H,23,24). The number of nitrogens with one attached hydrogen (secondary N) is 1. The Morgan fingerprint density at radius 1 is 1.17 bits per heavy atom.